The number of rotatable bonds is 2. The molecule has 0 unspecified atom stereocenters. The Kier molecular flexibility index (Phi) is 4.18. The Morgan fingerprint density at radius 1 is 1.45 bits per heavy atom. The smallest absolute Gasteiger partial charge is 0.132 e. The molecule has 0 radical (unpaired) electrons. The Labute approximate surface area is 68.2 Å². The molecule has 0 N–H and O–H groups in total. The summed E-state index contributed by atoms with van der Waals surface area (Å²) in [5.41, 5.74) is 0.940. The van der Waals surface area contributed by atoms with Crippen molar-refractivity contribution in [3.63, 3.8) is 0 Å². The highest BCUT2D eigenvalue weighted by atomic mass is 15.1. The van der Waals surface area contributed by atoms with Crippen molar-refractivity contribution >= 4 is 12.2 Å². The van der Waals surface area contributed by atoms with Crippen LogP contribution in [-0.2, 0) is 0 Å². The molecule has 0 bridgehead atoms. The van der Waals surface area contributed by atoms with Crippen LogP contribution in [-0.4, -0.2) is 38.2 Å². The molecule has 0 spiro atoms. The second-order valence-corrected chi connectivity index (χ2v) is 2.50. The first-order chi connectivity index (χ1) is 5.09. The lowest BCUT2D eigenvalue weighted by Gasteiger charge is -2.13. The van der Waals surface area contributed by atoms with E-state index in [0.29, 0.717) is 0 Å². The monoisotopic (exact) mass is 153 g/mol. The van der Waals surface area contributed by atoms with Crippen molar-refractivity contribution in [3.05, 3.63) is 12.2 Å². The van der Waals surface area contributed by atoms with E-state index in [1.807, 2.05) is 25.9 Å². The third-order valence-electron chi connectivity index (χ3n) is 1.10. The molecule has 0 aliphatic rings. The zero-order valence-corrected chi connectivity index (χ0v) is 7.63. The fourth-order valence-corrected chi connectivity index (χ4v) is 0.720. The second kappa shape index (κ2) is 4.66. The number of aliphatic imine (C=N–C) groups is 2. The molecule has 0 saturated heterocycles. The number of hydrogen-bond acceptors (Lipinski definition) is 1. The molecule has 0 heterocycles. The minimum absolute atomic E-state index is 0.857. The molecule has 0 atom stereocenters. The summed E-state index contributed by atoms with van der Waals surface area (Å²) in [6, 6.07) is 0. The Balaban J connectivity index is 4.46. The van der Waals surface area contributed by atoms with Gasteiger partial charge in [-0.25, -0.2) is 4.99 Å². The van der Waals surface area contributed by atoms with E-state index in [-0.39, 0.29) is 0 Å². The molecule has 0 aliphatic carbocycles. The van der Waals surface area contributed by atoms with E-state index in [4.69, 9.17) is 0 Å². The number of likely N-dealkylation sites (N-methyl/N-ethyl adjacent to an activating group) is 1. The first-order valence-electron chi connectivity index (χ1n) is 3.41. The SMILES string of the molecule is C=C(C)C(=NC=NC)N(C)C. The van der Waals surface area contributed by atoms with Crippen molar-refractivity contribution in [2.75, 3.05) is 21.1 Å². The summed E-state index contributed by atoms with van der Waals surface area (Å²) in [5.74, 6) is 0.857. The lowest BCUT2D eigenvalue weighted by molar-refractivity contribution is 0.623. The fraction of sp³-hybridized carbons (Fsp3) is 0.500. The predicted octanol–water partition coefficient (Wildman–Crippen LogP) is 1.18. The van der Waals surface area contributed by atoms with Crippen LogP contribution in [0.2, 0.25) is 0 Å². The molecule has 0 amide bonds. The van der Waals surface area contributed by atoms with Gasteiger partial charge in [-0.05, 0) is 12.5 Å². The summed E-state index contributed by atoms with van der Waals surface area (Å²) in [5, 5.41) is 0. The largest absolute Gasteiger partial charge is 0.362 e. The average molecular weight is 153 g/mol. The molecule has 0 aromatic heterocycles. The maximum Gasteiger partial charge on any atom is 0.132 e. The summed E-state index contributed by atoms with van der Waals surface area (Å²) < 4.78 is 0. The Bertz CT molecular complexity index is 190. The van der Waals surface area contributed by atoms with Gasteiger partial charge in [0.1, 0.15) is 12.2 Å². The normalized spacial score (nSPS) is 12.2. The Morgan fingerprint density at radius 3 is 2.27 bits per heavy atom. The van der Waals surface area contributed by atoms with Gasteiger partial charge in [0.2, 0.25) is 0 Å². The van der Waals surface area contributed by atoms with Gasteiger partial charge in [-0.2, -0.15) is 0 Å². The van der Waals surface area contributed by atoms with Gasteiger partial charge in [-0.1, -0.05) is 6.58 Å². The van der Waals surface area contributed by atoms with E-state index in [1.54, 1.807) is 7.05 Å². The van der Waals surface area contributed by atoms with Crippen molar-refractivity contribution in [2.45, 2.75) is 6.92 Å². The van der Waals surface area contributed by atoms with Crippen LogP contribution in [0, 0.1) is 0 Å². The third-order valence-corrected chi connectivity index (χ3v) is 1.10. The van der Waals surface area contributed by atoms with Gasteiger partial charge >= 0.3 is 0 Å². The minimum atomic E-state index is 0.857. The van der Waals surface area contributed by atoms with E-state index in [0.717, 1.165) is 11.4 Å². The molecule has 3 heteroatoms. The zero-order chi connectivity index (χ0) is 8.85. The Morgan fingerprint density at radius 2 is 2.00 bits per heavy atom. The first-order valence-corrected chi connectivity index (χ1v) is 3.41. The van der Waals surface area contributed by atoms with Crippen LogP contribution in [0.15, 0.2) is 22.1 Å². The number of hydrogen-bond donors (Lipinski definition) is 0. The van der Waals surface area contributed by atoms with Gasteiger partial charge in [0.25, 0.3) is 0 Å². The average Bonchev–Trinajstić information content (AvgIpc) is 1.87. The van der Waals surface area contributed by atoms with Crippen molar-refractivity contribution in [1.29, 1.82) is 0 Å². The van der Waals surface area contributed by atoms with Crippen LogP contribution in [0.3, 0.4) is 0 Å². The van der Waals surface area contributed by atoms with Crippen LogP contribution in [0.25, 0.3) is 0 Å². The highest BCUT2D eigenvalue weighted by molar-refractivity contribution is 6.00. The van der Waals surface area contributed by atoms with Crippen molar-refractivity contribution < 1.29 is 0 Å². The van der Waals surface area contributed by atoms with Gasteiger partial charge in [-0.15, -0.1) is 0 Å². The summed E-state index contributed by atoms with van der Waals surface area (Å²) in [6.45, 7) is 5.71. The van der Waals surface area contributed by atoms with E-state index in [2.05, 4.69) is 16.6 Å². The lowest BCUT2D eigenvalue weighted by Crippen LogP contribution is -2.22. The van der Waals surface area contributed by atoms with Gasteiger partial charge in [0, 0.05) is 21.1 Å². The first kappa shape index (κ1) is 9.88. The van der Waals surface area contributed by atoms with Crippen molar-refractivity contribution in [1.82, 2.24) is 4.90 Å². The van der Waals surface area contributed by atoms with E-state index < -0.39 is 0 Å². The van der Waals surface area contributed by atoms with Crippen LogP contribution in [0.5, 0.6) is 0 Å². The molecule has 0 aromatic rings. The summed E-state index contributed by atoms with van der Waals surface area (Å²) in [6.07, 6.45) is 1.52. The highest BCUT2D eigenvalue weighted by Gasteiger charge is 1.99. The topological polar surface area (TPSA) is 28.0 Å². The van der Waals surface area contributed by atoms with Crippen molar-refractivity contribution in [3.8, 4) is 0 Å². The second-order valence-electron chi connectivity index (χ2n) is 2.50. The van der Waals surface area contributed by atoms with Gasteiger partial charge in [0.15, 0.2) is 0 Å². The van der Waals surface area contributed by atoms with Crippen LogP contribution in [0.4, 0.5) is 0 Å². The van der Waals surface area contributed by atoms with Crippen LogP contribution < -0.4 is 0 Å². The molecule has 62 valence electrons. The standard InChI is InChI=1S/C8H15N3/c1-7(2)8(11(4)5)10-6-9-3/h6H,1H2,2-5H3. The zero-order valence-electron chi connectivity index (χ0n) is 7.63. The van der Waals surface area contributed by atoms with Crippen LogP contribution >= 0.6 is 0 Å². The molecule has 0 saturated carbocycles. The quantitative estimate of drug-likeness (QED) is 0.432. The number of nitrogens with zero attached hydrogens (tertiary/aromatic N) is 3. The van der Waals surface area contributed by atoms with E-state index in [9.17, 15) is 0 Å². The molecular formula is C8H15N3. The third kappa shape index (κ3) is 3.55. The molecule has 0 aliphatic heterocycles. The van der Waals surface area contributed by atoms with E-state index >= 15 is 0 Å². The molecule has 11 heavy (non-hydrogen) atoms. The minimum Gasteiger partial charge on any atom is -0.362 e. The molecule has 0 fully saturated rings. The van der Waals surface area contributed by atoms with E-state index in [1.165, 1.54) is 6.34 Å². The Hall–Kier alpha value is -1.12. The predicted molar refractivity (Wildman–Crippen MR) is 50.4 cm³/mol. The van der Waals surface area contributed by atoms with Gasteiger partial charge in [0.05, 0.1) is 0 Å². The molecular weight excluding hydrogens is 138 g/mol. The summed E-state index contributed by atoms with van der Waals surface area (Å²) >= 11 is 0. The van der Waals surface area contributed by atoms with Crippen molar-refractivity contribution in [2.24, 2.45) is 9.98 Å². The highest BCUT2D eigenvalue weighted by Crippen LogP contribution is 1.95. The molecule has 0 aromatic carbocycles. The number of amidine groups is 1. The summed E-state index contributed by atoms with van der Waals surface area (Å²) in [4.78, 5) is 9.76. The maximum absolute atomic E-state index is 4.09. The lowest BCUT2D eigenvalue weighted by atomic mass is 10.3. The fourth-order valence-electron chi connectivity index (χ4n) is 0.720. The summed E-state index contributed by atoms with van der Waals surface area (Å²) in [7, 11) is 5.54. The van der Waals surface area contributed by atoms with Gasteiger partial charge in [-0.3, -0.25) is 4.99 Å². The maximum atomic E-state index is 4.09. The molecule has 0 rings (SSSR count). The molecule has 3 nitrogen and oxygen atoms in total. The van der Waals surface area contributed by atoms with Gasteiger partial charge < -0.3 is 4.90 Å². The van der Waals surface area contributed by atoms with Crippen LogP contribution in [0.1, 0.15) is 6.92 Å².